The van der Waals surface area contributed by atoms with Crippen LogP contribution in [0.15, 0.2) is 12.2 Å². The van der Waals surface area contributed by atoms with Crippen LogP contribution in [0.3, 0.4) is 0 Å². The van der Waals surface area contributed by atoms with Crippen LogP contribution >= 0.6 is 0 Å². The van der Waals surface area contributed by atoms with Gasteiger partial charge in [0.15, 0.2) is 0 Å². The summed E-state index contributed by atoms with van der Waals surface area (Å²) in [6.45, 7) is 3.85. The number of Topliss-reactive ketones (excluding diaryl/α,β-unsaturated/α-hetero) is 1. The third kappa shape index (κ3) is 2.41. The maximum Gasteiger partial charge on any atom is 0.142 e. The van der Waals surface area contributed by atoms with Crippen molar-refractivity contribution in [3.8, 4) is 0 Å². The molecule has 0 aromatic heterocycles. The predicted octanol–water partition coefficient (Wildman–Crippen LogP) is 2.07. The summed E-state index contributed by atoms with van der Waals surface area (Å²) in [5.41, 5.74) is -0.804. The van der Waals surface area contributed by atoms with Gasteiger partial charge in [-0.3, -0.25) is 4.79 Å². The molecule has 0 heterocycles. The van der Waals surface area contributed by atoms with E-state index >= 15 is 0 Å². The van der Waals surface area contributed by atoms with Crippen molar-refractivity contribution in [2.24, 2.45) is 5.92 Å². The average molecular weight is 182 g/mol. The van der Waals surface area contributed by atoms with Crippen LogP contribution in [0.25, 0.3) is 0 Å². The maximum absolute atomic E-state index is 11.4. The van der Waals surface area contributed by atoms with Gasteiger partial charge >= 0.3 is 0 Å². The highest BCUT2D eigenvalue weighted by Crippen LogP contribution is 2.33. The summed E-state index contributed by atoms with van der Waals surface area (Å²) in [6.07, 6.45) is 7.07. The smallest absolute Gasteiger partial charge is 0.142 e. The Kier molecular flexibility index (Phi) is 3.26. The molecule has 1 fully saturated rings. The fraction of sp³-hybridized carbons (Fsp3) is 0.727. The van der Waals surface area contributed by atoms with Gasteiger partial charge in [-0.15, -0.1) is 0 Å². The molecule has 1 aliphatic rings. The van der Waals surface area contributed by atoms with E-state index in [4.69, 9.17) is 0 Å². The van der Waals surface area contributed by atoms with Crippen molar-refractivity contribution in [3.63, 3.8) is 0 Å². The lowest BCUT2D eigenvalue weighted by Crippen LogP contribution is -2.30. The van der Waals surface area contributed by atoms with Crippen LogP contribution in [0.4, 0.5) is 0 Å². The Balaban J connectivity index is 2.60. The van der Waals surface area contributed by atoms with Crippen LogP contribution in [0.2, 0.25) is 0 Å². The summed E-state index contributed by atoms with van der Waals surface area (Å²) in [4.78, 5) is 11.4. The number of carbonyl (C=O) groups is 1. The zero-order chi connectivity index (χ0) is 9.90. The van der Waals surface area contributed by atoms with Gasteiger partial charge in [0.1, 0.15) is 5.78 Å². The van der Waals surface area contributed by atoms with E-state index in [1.54, 1.807) is 6.92 Å². The first kappa shape index (κ1) is 10.5. The van der Waals surface area contributed by atoms with E-state index in [0.717, 1.165) is 12.8 Å². The highest BCUT2D eigenvalue weighted by Gasteiger charge is 2.41. The maximum atomic E-state index is 11.4. The summed E-state index contributed by atoms with van der Waals surface area (Å²) in [5.74, 6) is -0.0867. The summed E-state index contributed by atoms with van der Waals surface area (Å²) < 4.78 is 0. The van der Waals surface area contributed by atoms with Crippen LogP contribution in [-0.2, 0) is 4.79 Å². The van der Waals surface area contributed by atoms with Gasteiger partial charge in [-0.25, -0.2) is 0 Å². The molecule has 2 heteroatoms. The lowest BCUT2D eigenvalue weighted by atomic mass is 9.92. The van der Waals surface area contributed by atoms with Crippen molar-refractivity contribution in [2.75, 3.05) is 0 Å². The van der Waals surface area contributed by atoms with Crippen LogP contribution in [0, 0.1) is 5.92 Å². The monoisotopic (exact) mass is 182 g/mol. The van der Waals surface area contributed by atoms with Crippen LogP contribution in [-0.4, -0.2) is 16.5 Å². The minimum atomic E-state index is -0.804. The Bertz CT molecular complexity index is 216. The van der Waals surface area contributed by atoms with Crippen LogP contribution in [0.5, 0.6) is 0 Å². The molecular formula is C11H18O2. The largest absolute Gasteiger partial charge is 0.389 e. The molecule has 0 amide bonds. The summed E-state index contributed by atoms with van der Waals surface area (Å²) in [5, 5.41) is 9.85. The molecule has 74 valence electrons. The molecule has 0 spiro atoms. The van der Waals surface area contributed by atoms with Crippen molar-refractivity contribution < 1.29 is 9.90 Å². The number of rotatable bonds is 3. The normalized spacial score (nSPS) is 34.7. The minimum Gasteiger partial charge on any atom is -0.389 e. The van der Waals surface area contributed by atoms with E-state index in [0.29, 0.717) is 12.8 Å². The molecular weight excluding hydrogens is 164 g/mol. The molecule has 1 aliphatic carbocycles. The molecule has 2 unspecified atom stereocenters. The van der Waals surface area contributed by atoms with E-state index in [2.05, 4.69) is 6.92 Å². The molecule has 1 saturated carbocycles. The SMILES string of the molecule is CCC/C=C\C1C(=O)CCC1(C)O. The number of unbranched alkanes of at least 4 members (excludes halogenated alkanes) is 1. The van der Waals surface area contributed by atoms with Crippen molar-refractivity contribution in [1.82, 2.24) is 0 Å². The standard InChI is InChI=1S/C11H18O2/c1-3-4-5-6-9-10(12)7-8-11(9,2)13/h5-6,9,13H,3-4,7-8H2,1-2H3/b6-5-. The number of allylic oxidation sites excluding steroid dienone is 1. The molecule has 13 heavy (non-hydrogen) atoms. The zero-order valence-corrected chi connectivity index (χ0v) is 8.42. The fourth-order valence-electron chi connectivity index (χ4n) is 1.75. The quantitative estimate of drug-likeness (QED) is 0.678. The Hall–Kier alpha value is -0.630. The van der Waals surface area contributed by atoms with Crippen molar-refractivity contribution >= 4 is 5.78 Å². The highest BCUT2D eigenvalue weighted by molar-refractivity contribution is 5.86. The molecule has 0 radical (unpaired) electrons. The minimum absolute atomic E-state index is 0.178. The molecule has 0 saturated heterocycles. The topological polar surface area (TPSA) is 37.3 Å². The molecule has 2 nitrogen and oxygen atoms in total. The van der Waals surface area contributed by atoms with Gasteiger partial charge in [0.2, 0.25) is 0 Å². The Morgan fingerprint density at radius 3 is 2.85 bits per heavy atom. The fourth-order valence-corrected chi connectivity index (χ4v) is 1.75. The average Bonchev–Trinajstić information content (AvgIpc) is 2.31. The van der Waals surface area contributed by atoms with Gasteiger partial charge in [-0.05, 0) is 19.8 Å². The van der Waals surface area contributed by atoms with E-state index in [-0.39, 0.29) is 11.7 Å². The second-order valence-corrected chi connectivity index (χ2v) is 4.02. The summed E-state index contributed by atoms with van der Waals surface area (Å²) in [6, 6.07) is 0. The lowest BCUT2D eigenvalue weighted by Gasteiger charge is -2.21. The van der Waals surface area contributed by atoms with Gasteiger partial charge in [0, 0.05) is 6.42 Å². The van der Waals surface area contributed by atoms with Gasteiger partial charge in [0.05, 0.1) is 11.5 Å². The number of aliphatic hydroxyl groups is 1. The second-order valence-electron chi connectivity index (χ2n) is 4.02. The first-order chi connectivity index (χ1) is 6.08. The number of carbonyl (C=O) groups excluding carboxylic acids is 1. The number of hydrogen-bond acceptors (Lipinski definition) is 2. The van der Waals surface area contributed by atoms with Gasteiger partial charge in [-0.2, -0.15) is 0 Å². The zero-order valence-electron chi connectivity index (χ0n) is 8.42. The van der Waals surface area contributed by atoms with Gasteiger partial charge in [0.25, 0.3) is 0 Å². The van der Waals surface area contributed by atoms with E-state index in [1.165, 1.54) is 0 Å². The molecule has 0 aromatic rings. The van der Waals surface area contributed by atoms with Crippen LogP contribution < -0.4 is 0 Å². The first-order valence-electron chi connectivity index (χ1n) is 4.99. The summed E-state index contributed by atoms with van der Waals surface area (Å²) in [7, 11) is 0. The molecule has 1 rings (SSSR count). The van der Waals surface area contributed by atoms with Gasteiger partial charge < -0.3 is 5.11 Å². The van der Waals surface area contributed by atoms with Crippen molar-refractivity contribution in [2.45, 2.75) is 45.1 Å². The highest BCUT2D eigenvalue weighted by atomic mass is 16.3. The summed E-state index contributed by atoms with van der Waals surface area (Å²) >= 11 is 0. The molecule has 0 bridgehead atoms. The molecule has 1 N–H and O–H groups in total. The van der Waals surface area contributed by atoms with E-state index < -0.39 is 5.60 Å². The molecule has 0 aliphatic heterocycles. The Morgan fingerprint density at radius 1 is 1.69 bits per heavy atom. The third-order valence-corrected chi connectivity index (χ3v) is 2.68. The van der Waals surface area contributed by atoms with Crippen LogP contribution in [0.1, 0.15) is 39.5 Å². The van der Waals surface area contributed by atoms with Gasteiger partial charge in [-0.1, -0.05) is 25.5 Å². The number of ketones is 1. The lowest BCUT2D eigenvalue weighted by molar-refractivity contribution is -0.121. The molecule has 2 atom stereocenters. The van der Waals surface area contributed by atoms with E-state index in [1.807, 2.05) is 12.2 Å². The van der Waals surface area contributed by atoms with Crippen molar-refractivity contribution in [1.29, 1.82) is 0 Å². The van der Waals surface area contributed by atoms with E-state index in [9.17, 15) is 9.90 Å². The second kappa shape index (κ2) is 4.05. The predicted molar refractivity (Wildman–Crippen MR) is 52.4 cm³/mol. The Morgan fingerprint density at radius 2 is 2.38 bits per heavy atom. The first-order valence-corrected chi connectivity index (χ1v) is 4.99. The number of hydrogen-bond donors (Lipinski definition) is 1. The molecule has 0 aromatic carbocycles. The third-order valence-electron chi connectivity index (χ3n) is 2.68. The van der Waals surface area contributed by atoms with Crippen molar-refractivity contribution in [3.05, 3.63) is 12.2 Å². The Labute approximate surface area is 79.6 Å².